The average Bonchev–Trinajstić information content (AvgIpc) is 2.81. The number of aliphatic hydroxyl groups excluding tert-OH is 1. The van der Waals surface area contributed by atoms with Gasteiger partial charge in [-0.3, -0.25) is 4.79 Å². The van der Waals surface area contributed by atoms with E-state index in [1.807, 2.05) is 27.7 Å². The first-order valence-corrected chi connectivity index (χ1v) is 8.36. The molecule has 6 heteroatoms. The Labute approximate surface area is 136 Å². The number of amides is 1. The van der Waals surface area contributed by atoms with E-state index >= 15 is 8.78 Å². The summed E-state index contributed by atoms with van der Waals surface area (Å²) in [5.74, 6) is -5.19. The van der Waals surface area contributed by atoms with E-state index in [9.17, 15) is 15.0 Å². The molecule has 0 spiro atoms. The van der Waals surface area contributed by atoms with Crippen molar-refractivity contribution < 1.29 is 23.8 Å². The molecule has 23 heavy (non-hydrogen) atoms. The van der Waals surface area contributed by atoms with E-state index in [2.05, 4.69) is 0 Å². The largest absolute Gasteiger partial charge is 0.394 e. The molecule has 0 aromatic carbocycles. The first-order valence-electron chi connectivity index (χ1n) is 8.36. The lowest BCUT2D eigenvalue weighted by molar-refractivity contribution is -0.231. The Morgan fingerprint density at radius 2 is 1.70 bits per heavy atom. The molecule has 1 amide bonds. The van der Waals surface area contributed by atoms with Crippen LogP contribution in [0.1, 0.15) is 59.8 Å². The molecule has 2 fully saturated rings. The summed E-state index contributed by atoms with van der Waals surface area (Å²) < 4.78 is 30.0. The lowest BCUT2D eigenvalue weighted by Gasteiger charge is -2.51. The van der Waals surface area contributed by atoms with E-state index in [1.54, 1.807) is 0 Å². The van der Waals surface area contributed by atoms with Crippen LogP contribution < -0.4 is 0 Å². The lowest BCUT2D eigenvalue weighted by atomic mass is 9.58. The standard InChI is InChI=1S/C17H29F2NO3/c1-14(2)9-15(3,4)11-16(23,10-14)17(18,19)13(22)20-7-5-6-12(20)8-21/h12,21,23H,5-11H2,1-4H3/t12-/m0/s1. The van der Waals surface area contributed by atoms with Crippen LogP contribution >= 0.6 is 0 Å². The zero-order valence-electron chi connectivity index (χ0n) is 14.5. The number of alkyl halides is 2. The van der Waals surface area contributed by atoms with Gasteiger partial charge in [0.1, 0.15) is 5.60 Å². The second-order valence-corrected chi connectivity index (χ2v) is 8.94. The van der Waals surface area contributed by atoms with Gasteiger partial charge in [0.2, 0.25) is 0 Å². The third kappa shape index (κ3) is 3.38. The van der Waals surface area contributed by atoms with Crippen LogP contribution in [-0.2, 0) is 4.79 Å². The fourth-order valence-electron chi connectivity index (χ4n) is 4.96. The van der Waals surface area contributed by atoms with E-state index in [4.69, 9.17) is 0 Å². The third-order valence-corrected chi connectivity index (χ3v) is 5.20. The number of carbonyl (C=O) groups excluding carboxylic acids is 1. The highest BCUT2D eigenvalue weighted by atomic mass is 19.3. The molecule has 1 saturated carbocycles. The minimum atomic E-state index is -3.85. The van der Waals surface area contributed by atoms with Gasteiger partial charge in [0, 0.05) is 6.54 Å². The van der Waals surface area contributed by atoms with Crippen molar-refractivity contribution in [2.75, 3.05) is 13.2 Å². The van der Waals surface area contributed by atoms with E-state index in [0.717, 1.165) is 11.3 Å². The Morgan fingerprint density at radius 3 is 2.17 bits per heavy atom. The highest BCUT2D eigenvalue weighted by Crippen LogP contribution is 2.55. The zero-order chi connectivity index (χ0) is 17.7. The van der Waals surface area contributed by atoms with Gasteiger partial charge in [0.05, 0.1) is 12.6 Å². The van der Waals surface area contributed by atoms with E-state index in [-0.39, 0.29) is 26.0 Å². The van der Waals surface area contributed by atoms with E-state index in [0.29, 0.717) is 12.8 Å². The second kappa shape index (κ2) is 5.66. The van der Waals surface area contributed by atoms with Crippen LogP contribution in [0.5, 0.6) is 0 Å². The average molecular weight is 333 g/mol. The van der Waals surface area contributed by atoms with Crippen LogP contribution in [0.2, 0.25) is 0 Å². The van der Waals surface area contributed by atoms with Crippen molar-refractivity contribution >= 4 is 5.91 Å². The molecule has 0 unspecified atom stereocenters. The minimum absolute atomic E-state index is 0.111. The molecule has 0 bridgehead atoms. The van der Waals surface area contributed by atoms with Gasteiger partial charge in [-0.05, 0) is 42.9 Å². The molecular formula is C17H29F2NO3. The van der Waals surface area contributed by atoms with Gasteiger partial charge in [-0.2, -0.15) is 8.78 Å². The van der Waals surface area contributed by atoms with Crippen molar-refractivity contribution in [3.8, 4) is 0 Å². The minimum Gasteiger partial charge on any atom is -0.394 e. The van der Waals surface area contributed by atoms with Gasteiger partial charge in [0.25, 0.3) is 5.91 Å². The number of aliphatic hydroxyl groups is 2. The molecule has 1 aliphatic carbocycles. The van der Waals surface area contributed by atoms with Crippen molar-refractivity contribution in [3.05, 3.63) is 0 Å². The summed E-state index contributed by atoms with van der Waals surface area (Å²) in [5.41, 5.74) is -3.29. The Hall–Kier alpha value is -0.750. The Kier molecular flexibility index (Phi) is 4.57. The van der Waals surface area contributed by atoms with Gasteiger partial charge < -0.3 is 15.1 Å². The maximum Gasteiger partial charge on any atom is 0.352 e. The van der Waals surface area contributed by atoms with Crippen molar-refractivity contribution in [2.24, 2.45) is 10.8 Å². The van der Waals surface area contributed by atoms with E-state index in [1.165, 1.54) is 0 Å². The summed E-state index contributed by atoms with van der Waals surface area (Å²) in [6, 6.07) is -0.568. The molecule has 2 rings (SSSR count). The first-order chi connectivity index (χ1) is 10.3. The summed E-state index contributed by atoms with van der Waals surface area (Å²) in [4.78, 5) is 13.5. The second-order valence-electron chi connectivity index (χ2n) is 8.94. The Balaban J connectivity index is 2.31. The van der Waals surface area contributed by atoms with Crippen LogP contribution in [0.4, 0.5) is 8.78 Å². The molecule has 2 aliphatic rings. The quantitative estimate of drug-likeness (QED) is 0.834. The normalized spacial score (nSPS) is 29.6. The number of hydrogen-bond acceptors (Lipinski definition) is 3. The van der Waals surface area contributed by atoms with Crippen LogP contribution in [0, 0.1) is 10.8 Å². The van der Waals surface area contributed by atoms with Gasteiger partial charge in [0.15, 0.2) is 0 Å². The smallest absolute Gasteiger partial charge is 0.352 e. The predicted octanol–water partition coefficient (Wildman–Crippen LogP) is 2.57. The Bertz CT molecular complexity index is 460. The molecule has 0 radical (unpaired) electrons. The fraction of sp³-hybridized carbons (Fsp3) is 0.941. The van der Waals surface area contributed by atoms with Crippen molar-refractivity contribution in [3.63, 3.8) is 0 Å². The van der Waals surface area contributed by atoms with Gasteiger partial charge in [-0.15, -0.1) is 0 Å². The molecule has 1 heterocycles. The van der Waals surface area contributed by atoms with Gasteiger partial charge in [-0.25, -0.2) is 0 Å². The molecule has 2 N–H and O–H groups in total. The van der Waals surface area contributed by atoms with Crippen molar-refractivity contribution in [1.82, 2.24) is 4.90 Å². The number of likely N-dealkylation sites (tertiary alicyclic amines) is 1. The molecular weight excluding hydrogens is 304 g/mol. The Morgan fingerprint density at radius 1 is 1.17 bits per heavy atom. The zero-order valence-corrected chi connectivity index (χ0v) is 14.5. The summed E-state index contributed by atoms with van der Waals surface area (Å²) in [5, 5.41) is 20.1. The third-order valence-electron chi connectivity index (χ3n) is 5.20. The van der Waals surface area contributed by atoms with Crippen LogP contribution in [0.25, 0.3) is 0 Å². The monoisotopic (exact) mass is 333 g/mol. The number of carbonyl (C=O) groups is 1. The van der Waals surface area contributed by atoms with Crippen LogP contribution in [-0.4, -0.2) is 51.7 Å². The maximum absolute atomic E-state index is 15.0. The highest BCUT2D eigenvalue weighted by molar-refractivity contribution is 5.85. The van der Waals surface area contributed by atoms with Crippen molar-refractivity contribution in [1.29, 1.82) is 0 Å². The molecule has 0 aromatic heterocycles. The van der Waals surface area contributed by atoms with Crippen LogP contribution in [0.3, 0.4) is 0 Å². The number of nitrogens with zero attached hydrogens (tertiary/aromatic N) is 1. The highest BCUT2D eigenvalue weighted by Gasteiger charge is 2.64. The summed E-state index contributed by atoms with van der Waals surface area (Å²) in [7, 11) is 0. The summed E-state index contributed by atoms with van der Waals surface area (Å²) in [6.07, 6.45) is 1.62. The lowest BCUT2D eigenvalue weighted by Crippen LogP contribution is -2.63. The summed E-state index contributed by atoms with van der Waals surface area (Å²) >= 11 is 0. The predicted molar refractivity (Wildman–Crippen MR) is 83.1 cm³/mol. The first kappa shape index (κ1) is 18.6. The SMILES string of the molecule is CC1(C)CC(C)(C)CC(O)(C(F)(F)C(=O)N2CCC[C@H]2CO)C1. The van der Waals surface area contributed by atoms with E-state index < -0.39 is 34.3 Å². The molecule has 1 saturated heterocycles. The summed E-state index contributed by atoms with van der Waals surface area (Å²) in [6.45, 7) is 7.30. The number of halogens is 2. The molecule has 0 aromatic rings. The number of hydrogen-bond donors (Lipinski definition) is 2. The molecule has 4 nitrogen and oxygen atoms in total. The number of rotatable bonds is 3. The molecule has 134 valence electrons. The van der Waals surface area contributed by atoms with Crippen molar-refractivity contribution in [2.45, 2.75) is 77.4 Å². The fourth-order valence-corrected chi connectivity index (χ4v) is 4.96. The van der Waals surface area contributed by atoms with Crippen LogP contribution in [0.15, 0.2) is 0 Å². The topological polar surface area (TPSA) is 60.8 Å². The van der Waals surface area contributed by atoms with Gasteiger partial charge in [-0.1, -0.05) is 27.7 Å². The molecule has 1 atom stereocenters. The maximum atomic E-state index is 15.0. The van der Waals surface area contributed by atoms with Gasteiger partial charge >= 0.3 is 5.92 Å². The molecule has 1 aliphatic heterocycles.